The Hall–Kier alpha value is -4.17. The highest BCUT2D eigenvalue weighted by Crippen LogP contribution is 2.28. The Morgan fingerprint density at radius 2 is 1.43 bits per heavy atom. The van der Waals surface area contributed by atoms with Gasteiger partial charge in [0.05, 0.1) is 37.5 Å². The molecular weight excluding hydrogens is 567 g/mol. The molecule has 212 valence electrons. The number of ether oxygens (including phenoxy) is 2. The van der Waals surface area contributed by atoms with Crippen LogP contribution in [0.2, 0.25) is 5.15 Å². The summed E-state index contributed by atoms with van der Waals surface area (Å²) in [7, 11) is 1.73. The van der Waals surface area contributed by atoms with Crippen molar-refractivity contribution in [2.75, 3.05) is 20.5 Å². The number of benzene rings is 3. The third-order valence-corrected chi connectivity index (χ3v) is 6.26. The Kier molecular flexibility index (Phi) is 13.1. The normalized spacial score (nSPS) is 11.2. The van der Waals surface area contributed by atoms with E-state index in [9.17, 15) is 0 Å². The maximum absolute atomic E-state index is 8.72. The topological polar surface area (TPSA) is 84.7 Å². The van der Waals surface area contributed by atoms with Crippen molar-refractivity contribution in [3.63, 3.8) is 0 Å². The zero-order chi connectivity index (χ0) is 30.3. The number of aromatic nitrogens is 2. The number of fused-ring (bicyclic) bond motifs is 2. The molecule has 5 aromatic rings. The standard InChI is InChI=1S/C16H13NO.C9H6ClN.C7H8BO3.CH4S/c1-18-14-7-4-6-13(11-14)16-15-8-3-2-5-12(15)9-10-17-16;10-9-8-4-2-1-3-7(8)5-6-11-9;1-11-7-4-2-3-6(5-7)8(9)10;1-2/h2-11H,1H3;1-6H;3-5,9-10H,1H3;2H,1H3/q;;+1;. The van der Waals surface area contributed by atoms with Crippen LogP contribution in [0.4, 0.5) is 0 Å². The molecule has 0 bridgehead atoms. The fraction of sp³-hybridized carbons (Fsp3) is 0.0909. The van der Waals surface area contributed by atoms with Crippen LogP contribution in [0.3, 0.4) is 0 Å². The molecule has 6 rings (SSSR count). The van der Waals surface area contributed by atoms with E-state index in [-0.39, 0.29) is 0 Å². The third-order valence-electron chi connectivity index (χ3n) is 5.96. The van der Waals surface area contributed by atoms with E-state index in [1.54, 1.807) is 31.7 Å². The Morgan fingerprint density at radius 1 is 0.786 bits per heavy atom. The van der Waals surface area contributed by atoms with Crippen molar-refractivity contribution >= 4 is 52.9 Å². The van der Waals surface area contributed by atoms with Crippen molar-refractivity contribution in [3.8, 4) is 17.0 Å². The maximum atomic E-state index is 8.72. The van der Waals surface area contributed by atoms with Crippen molar-refractivity contribution in [2.24, 2.45) is 0 Å². The maximum Gasteiger partial charge on any atom is 0.569 e. The highest BCUT2D eigenvalue weighted by Gasteiger charge is 2.23. The van der Waals surface area contributed by atoms with Gasteiger partial charge in [-0.25, -0.2) is 4.98 Å². The molecule has 1 aliphatic rings. The summed E-state index contributed by atoms with van der Waals surface area (Å²) < 4.78 is 10.1. The van der Waals surface area contributed by atoms with Gasteiger partial charge >= 0.3 is 7.12 Å². The van der Waals surface area contributed by atoms with Crippen molar-refractivity contribution in [2.45, 2.75) is 0 Å². The average molecular weight is 598 g/mol. The molecule has 2 aromatic heterocycles. The zero-order valence-corrected chi connectivity index (χ0v) is 25.1. The summed E-state index contributed by atoms with van der Waals surface area (Å²) in [5, 5.41) is 22.5. The molecule has 0 unspecified atom stereocenters. The summed E-state index contributed by atoms with van der Waals surface area (Å²) in [5.74, 6) is 1.41. The van der Waals surface area contributed by atoms with Gasteiger partial charge in [-0.05, 0) is 41.3 Å². The highest BCUT2D eigenvalue weighted by molar-refractivity contribution is 7.79. The van der Waals surface area contributed by atoms with E-state index in [2.05, 4.69) is 46.9 Å². The number of methoxy groups -OCH3 is 2. The molecule has 0 amide bonds. The second-order valence-corrected chi connectivity index (χ2v) is 8.87. The van der Waals surface area contributed by atoms with Gasteiger partial charge in [-0.3, -0.25) is 4.98 Å². The van der Waals surface area contributed by atoms with Crippen LogP contribution < -0.4 is 4.74 Å². The summed E-state index contributed by atoms with van der Waals surface area (Å²) in [6, 6.07) is 28.1. The molecule has 0 fully saturated rings. The lowest BCUT2D eigenvalue weighted by Gasteiger charge is -2.07. The number of allylic oxidation sites excluding steroid dienone is 5. The van der Waals surface area contributed by atoms with E-state index in [1.807, 2.05) is 72.9 Å². The van der Waals surface area contributed by atoms with E-state index in [4.69, 9.17) is 31.1 Å². The number of halogens is 1. The van der Waals surface area contributed by atoms with Crippen LogP contribution >= 0.6 is 24.2 Å². The predicted molar refractivity (Wildman–Crippen MR) is 177 cm³/mol. The Bertz CT molecular complexity index is 1680. The van der Waals surface area contributed by atoms with Gasteiger partial charge in [-0.1, -0.05) is 72.3 Å². The number of rotatable bonds is 4. The van der Waals surface area contributed by atoms with Crippen LogP contribution in [-0.2, 0) is 4.74 Å². The lowest BCUT2D eigenvalue weighted by Crippen LogP contribution is -2.15. The largest absolute Gasteiger partial charge is 0.569 e. The van der Waals surface area contributed by atoms with E-state index < -0.39 is 7.12 Å². The molecule has 9 heteroatoms. The lowest BCUT2D eigenvalue weighted by molar-refractivity contribution is 0.306. The first kappa shape index (κ1) is 32.4. The van der Waals surface area contributed by atoms with Crippen molar-refractivity contribution in [1.82, 2.24) is 9.97 Å². The minimum Gasteiger partial charge on any atom is -0.497 e. The second kappa shape index (κ2) is 16.9. The SMILES string of the molecule is COC1=C[C+]=CC(B(O)O)=C1.COc1cccc(-c2nccc3ccccc23)c1.CS.Clc1nccc2ccccc12. The number of thiol groups is 1. The van der Waals surface area contributed by atoms with Crippen LogP contribution in [0, 0.1) is 6.08 Å². The van der Waals surface area contributed by atoms with Gasteiger partial charge in [0.2, 0.25) is 5.76 Å². The molecule has 0 spiro atoms. The third kappa shape index (κ3) is 8.92. The molecule has 42 heavy (non-hydrogen) atoms. The van der Waals surface area contributed by atoms with Gasteiger partial charge in [0, 0.05) is 34.8 Å². The molecule has 2 heterocycles. The number of pyridine rings is 2. The van der Waals surface area contributed by atoms with Crippen LogP contribution in [0.15, 0.2) is 127 Å². The van der Waals surface area contributed by atoms with Crippen LogP contribution in [0.25, 0.3) is 32.8 Å². The summed E-state index contributed by atoms with van der Waals surface area (Å²) >= 11 is 9.37. The van der Waals surface area contributed by atoms with E-state index in [1.165, 1.54) is 18.6 Å². The first-order chi connectivity index (χ1) is 20.5. The van der Waals surface area contributed by atoms with Gasteiger partial charge in [-0.15, -0.1) is 0 Å². The summed E-state index contributed by atoms with van der Waals surface area (Å²) in [5.41, 5.74) is 2.45. The molecule has 6 nitrogen and oxygen atoms in total. The van der Waals surface area contributed by atoms with Gasteiger partial charge in [0.25, 0.3) is 0 Å². The number of hydrogen-bond acceptors (Lipinski definition) is 7. The number of nitrogens with zero attached hydrogens (tertiary/aromatic N) is 2. The minimum atomic E-state index is -1.46. The average Bonchev–Trinajstić information content (AvgIpc) is 3.06. The summed E-state index contributed by atoms with van der Waals surface area (Å²) in [6.07, 6.45) is 12.6. The first-order valence-electron chi connectivity index (χ1n) is 12.8. The van der Waals surface area contributed by atoms with Gasteiger partial charge < -0.3 is 19.5 Å². The Balaban J connectivity index is 0.000000176. The van der Waals surface area contributed by atoms with Crippen LogP contribution in [0.1, 0.15) is 0 Å². The molecule has 0 atom stereocenters. The monoisotopic (exact) mass is 597 g/mol. The molecule has 0 saturated carbocycles. The fourth-order valence-corrected chi connectivity index (χ4v) is 4.17. The predicted octanol–water partition coefficient (Wildman–Crippen LogP) is 7.17. The van der Waals surface area contributed by atoms with Gasteiger partial charge in [0.15, 0.2) is 0 Å². The van der Waals surface area contributed by atoms with E-state index >= 15 is 0 Å². The van der Waals surface area contributed by atoms with Gasteiger partial charge in [0.1, 0.15) is 17.0 Å². The summed E-state index contributed by atoms with van der Waals surface area (Å²) in [4.78, 5) is 8.47. The van der Waals surface area contributed by atoms with Crippen LogP contribution in [-0.4, -0.2) is 47.6 Å². The van der Waals surface area contributed by atoms with Crippen molar-refractivity contribution in [3.05, 3.63) is 138 Å². The van der Waals surface area contributed by atoms with E-state index in [0.717, 1.165) is 33.2 Å². The quantitative estimate of drug-likeness (QED) is 0.0881. The fourth-order valence-electron chi connectivity index (χ4n) is 3.94. The van der Waals surface area contributed by atoms with Gasteiger partial charge in [-0.2, -0.15) is 12.6 Å². The van der Waals surface area contributed by atoms with Crippen molar-refractivity contribution in [1.29, 1.82) is 0 Å². The summed E-state index contributed by atoms with van der Waals surface area (Å²) in [6.45, 7) is 0. The van der Waals surface area contributed by atoms with Crippen molar-refractivity contribution < 1.29 is 19.5 Å². The van der Waals surface area contributed by atoms with E-state index in [0.29, 0.717) is 16.4 Å². The molecule has 0 saturated heterocycles. The first-order valence-corrected chi connectivity index (χ1v) is 14.1. The molecular formula is C33H31BClN2O4S+. The smallest absolute Gasteiger partial charge is 0.497 e. The molecule has 0 radical (unpaired) electrons. The van der Waals surface area contributed by atoms with Crippen LogP contribution in [0.5, 0.6) is 5.75 Å². The Morgan fingerprint density at radius 3 is 2.07 bits per heavy atom. The second-order valence-electron chi connectivity index (χ2n) is 8.52. The molecule has 2 N–H and O–H groups in total. The molecule has 1 aliphatic carbocycles. The Labute approximate surface area is 257 Å². The minimum absolute atomic E-state index is 0.379. The zero-order valence-electron chi connectivity index (χ0n) is 23.5. The molecule has 3 aromatic carbocycles. The molecule has 0 aliphatic heterocycles. The highest BCUT2D eigenvalue weighted by atomic mass is 35.5. The lowest BCUT2D eigenvalue weighted by atomic mass is 9.77. The number of hydrogen-bond donors (Lipinski definition) is 3.